The third-order valence-corrected chi connectivity index (χ3v) is 7.40. The summed E-state index contributed by atoms with van der Waals surface area (Å²) in [7, 11) is 0. The number of hydrogen-bond donors (Lipinski definition) is 1. The minimum absolute atomic E-state index is 0.0547. The van der Waals surface area contributed by atoms with Crippen molar-refractivity contribution < 1.29 is 24.2 Å². The first kappa shape index (κ1) is 23.0. The monoisotopic (exact) mass is 445 g/mol. The Labute approximate surface area is 189 Å². The Morgan fingerprint density at radius 3 is 2.50 bits per heavy atom. The van der Waals surface area contributed by atoms with Crippen LogP contribution < -0.4 is 0 Å². The highest BCUT2D eigenvalue weighted by atomic mass is 16.5. The number of rotatable bonds is 6. The summed E-state index contributed by atoms with van der Waals surface area (Å²) in [6.07, 6.45) is 8.32. The van der Waals surface area contributed by atoms with Crippen LogP contribution in [-0.2, 0) is 19.1 Å². The van der Waals surface area contributed by atoms with Crippen LogP contribution in [0.2, 0.25) is 0 Å². The van der Waals surface area contributed by atoms with Crippen LogP contribution in [0.3, 0.4) is 0 Å². The summed E-state index contributed by atoms with van der Waals surface area (Å²) in [5.74, 6) is -2.03. The molecule has 1 unspecified atom stereocenters. The van der Waals surface area contributed by atoms with E-state index in [9.17, 15) is 19.5 Å². The van der Waals surface area contributed by atoms with Gasteiger partial charge in [0.25, 0.3) is 0 Å². The van der Waals surface area contributed by atoms with Gasteiger partial charge in [0, 0.05) is 25.7 Å². The van der Waals surface area contributed by atoms with E-state index < -0.39 is 35.6 Å². The van der Waals surface area contributed by atoms with Gasteiger partial charge in [0.15, 0.2) is 0 Å². The van der Waals surface area contributed by atoms with Gasteiger partial charge in [-0.3, -0.25) is 14.4 Å². The minimum Gasteiger partial charge on any atom is -0.394 e. The molecule has 2 fully saturated rings. The van der Waals surface area contributed by atoms with Crippen LogP contribution in [0.4, 0.5) is 0 Å². The van der Waals surface area contributed by atoms with Crippen molar-refractivity contribution in [1.29, 1.82) is 0 Å². The highest BCUT2D eigenvalue weighted by Crippen LogP contribution is 2.54. The number of aliphatic hydroxyl groups is 1. The Kier molecular flexibility index (Phi) is 6.20. The van der Waals surface area contributed by atoms with Crippen LogP contribution in [0, 0.1) is 11.8 Å². The molecule has 0 saturated carbocycles. The molecule has 176 valence electrons. The molecule has 1 spiro atoms. The number of fused-ring (bicyclic) bond motifs is 2. The van der Waals surface area contributed by atoms with Crippen molar-refractivity contribution in [3.63, 3.8) is 0 Å². The fourth-order valence-corrected chi connectivity index (χ4v) is 5.89. The zero-order valence-electron chi connectivity index (χ0n) is 19.4. The summed E-state index contributed by atoms with van der Waals surface area (Å²) in [4.78, 5) is 46.4. The summed E-state index contributed by atoms with van der Waals surface area (Å²) in [6, 6.07) is -1.46. The highest BCUT2D eigenvalue weighted by Gasteiger charge is 2.72. The van der Waals surface area contributed by atoms with Crippen LogP contribution in [0.15, 0.2) is 24.3 Å². The standard InChI is InChI=1S/C24H35N3O5/c1-5-11-25-12-7-9-17-18(21(25)29)19-22(30)27(16(6-2)14-28)20-23(31)26(15(3)4)13-8-10-24(19,20)32-17/h7-10,15-20,28H,5-6,11-14H2,1-4H3/t16-,17-,18+,19-,20?,24-/m0/s1. The summed E-state index contributed by atoms with van der Waals surface area (Å²) in [5.41, 5.74) is -1.22. The molecule has 3 amide bonds. The lowest BCUT2D eigenvalue weighted by molar-refractivity contribution is -0.152. The molecular weight excluding hydrogens is 410 g/mol. The molecule has 1 N–H and O–H groups in total. The van der Waals surface area contributed by atoms with Crippen molar-refractivity contribution in [2.45, 2.75) is 70.4 Å². The molecular formula is C24H35N3O5. The van der Waals surface area contributed by atoms with Crippen LogP contribution in [-0.4, -0.2) is 93.6 Å². The second kappa shape index (κ2) is 8.63. The summed E-state index contributed by atoms with van der Waals surface area (Å²) < 4.78 is 6.56. The molecule has 4 heterocycles. The molecule has 0 bridgehead atoms. The van der Waals surface area contributed by atoms with Gasteiger partial charge in [0.1, 0.15) is 11.6 Å². The first-order valence-corrected chi connectivity index (χ1v) is 11.9. The fraction of sp³-hybridized carbons (Fsp3) is 0.708. The topological polar surface area (TPSA) is 90.4 Å². The highest BCUT2D eigenvalue weighted by molar-refractivity contribution is 6.00. The Balaban J connectivity index is 1.85. The second-order valence-electron chi connectivity index (χ2n) is 9.53. The van der Waals surface area contributed by atoms with Gasteiger partial charge in [0.05, 0.1) is 30.6 Å². The first-order chi connectivity index (χ1) is 15.3. The summed E-state index contributed by atoms with van der Waals surface area (Å²) in [6.45, 7) is 9.07. The lowest BCUT2D eigenvalue weighted by Crippen LogP contribution is -2.58. The molecule has 0 aliphatic carbocycles. The molecule has 4 aliphatic rings. The number of carbonyl (C=O) groups excluding carboxylic acids is 3. The number of aliphatic hydroxyl groups excluding tert-OH is 1. The van der Waals surface area contributed by atoms with Crippen molar-refractivity contribution in [2.24, 2.45) is 11.8 Å². The lowest BCUT2D eigenvalue weighted by atomic mass is 9.77. The molecule has 0 aromatic carbocycles. The maximum Gasteiger partial charge on any atom is 0.249 e. The normalized spacial score (nSPS) is 35.2. The Morgan fingerprint density at radius 2 is 1.88 bits per heavy atom. The van der Waals surface area contributed by atoms with E-state index in [1.807, 2.05) is 52.0 Å². The minimum atomic E-state index is -1.22. The lowest BCUT2D eigenvalue weighted by Gasteiger charge is -2.39. The molecule has 2 saturated heterocycles. The van der Waals surface area contributed by atoms with Crippen molar-refractivity contribution in [3.8, 4) is 0 Å². The van der Waals surface area contributed by atoms with Crippen LogP contribution in [0.25, 0.3) is 0 Å². The van der Waals surface area contributed by atoms with Crippen molar-refractivity contribution in [3.05, 3.63) is 24.3 Å². The van der Waals surface area contributed by atoms with Gasteiger partial charge in [-0.1, -0.05) is 38.2 Å². The molecule has 4 rings (SSSR count). The van der Waals surface area contributed by atoms with E-state index in [2.05, 4.69) is 0 Å². The maximum atomic E-state index is 14.0. The molecule has 8 nitrogen and oxygen atoms in total. The number of carbonyl (C=O) groups is 3. The summed E-state index contributed by atoms with van der Waals surface area (Å²) in [5, 5.41) is 10.1. The van der Waals surface area contributed by atoms with Gasteiger partial charge < -0.3 is 24.5 Å². The van der Waals surface area contributed by atoms with E-state index in [-0.39, 0.29) is 30.4 Å². The zero-order valence-corrected chi connectivity index (χ0v) is 19.4. The average Bonchev–Trinajstić information content (AvgIpc) is 3.07. The van der Waals surface area contributed by atoms with Gasteiger partial charge in [0.2, 0.25) is 17.7 Å². The maximum absolute atomic E-state index is 14.0. The molecule has 8 heteroatoms. The van der Waals surface area contributed by atoms with E-state index in [1.165, 1.54) is 4.90 Å². The quantitative estimate of drug-likeness (QED) is 0.615. The smallest absolute Gasteiger partial charge is 0.249 e. The van der Waals surface area contributed by atoms with Crippen LogP contribution in [0.1, 0.15) is 40.5 Å². The average molecular weight is 446 g/mol. The zero-order chi connectivity index (χ0) is 23.2. The Morgan fingerprint density at radius 1 is 1.12 bits per heavy atom. The molecule has 0 aromatic rings. The van der Waals surface area contributed by atoms with Gasteiger partial charge in [-0.15, -0.1) is 0 Å². The van der Waals surface area contributed by atoms with E-state index >= 15 is 0 Å². The third kappa shape index (κ3) is 3.22. The number of ether oxygens (including phenoxy) is 1. The Hall–Kier alpha value is -2.19. The largest absolute Gasteiger partial charge is 0.394 e. The van der Waals surface area contributed by atoms with Crippen LogP contribution in [0.5, 0.6) is 0 Å². The van der Waals surface area contributed by atoms with E-state index in [0.717, 1.165) is 6.42 Å². The number of nitrogens with zero attached hydrogens (tertiary/aromatic N) is 3. The molecule has 6 atom stereocenters. The number of likely N-dealkylation sites (tertiary alicyclic amines) is 1. The van der Waals surface area contributed by atoms with Crippen molar-refractivity contribution in [1.82, 2.24) is 14.7 Å². The second-order valence-corrected chi connectivity index (χ2v) is 9.53. The number of hydrogen-bond acceptors (Lipinski definition) is 5. The predicted octanol–water partition coefficient (Wildman–Crippen LogP) is 0.953. The fourth-order valence-electron chi connectivity index (χ4n) is 5.89. The third-order valence-electron chi connectivity index (χ3n) is 7.40. The van der Waals surface area contributed by atoms with E-state index in [0.29, 0.717) is 26.1 Å². The molecule has 32 heavy (non-hydrogen) atoms. The molecule has 4 aliphatic heterocycles. The van der Waals surface area contributed by atoms with Gasteiger partial charge in [-0.2, -0.15) is 0 Å². The number of amides is 3. The Bertz CT molecular complexity index is 835. The van der Waals surface area contributed by atoms with E-state index in [1.54, 1.807) is 9.80 Å². The predicted molar refractivity (Wildman–Crippen MR) is 118 cm³/mol. The van der Waals surface area contributed by atoms with Gasteiger partial charge in [-0.25, -0.2) is 0 Å². The molecule has 0 radical (unpaired) electrons. The first-order valence-electron chi connectivity index (χ1n) is 11.9. The van der Waals surface area contributed by atoms with Crippen molar-refractivity contribution in [2.75, 3.05) is 26.2 Å². The summed E-state index contributed by atoms with van der Waals surface area (Å²) >= 11 is 0. The van der Waals surface area contributed by atoms with Gasteiger partial charge in [-0.05, 0) is 26.7 Å². The SMILES string of the molecule is CCCN1CC=C[C@@H]2O[C@]34C=CCN(C(C)C)C(=O)C3N([C@@H](CC)CO)C(=O)[C@@H]4[C@@H]2C1=O. The van der Waals surface area contributed by atoms with E-state index in [4.69, 9.17) is 4.74 Å². The molecule has 0 aromatic heterocycles. The van der Waals surface area contributed by atoms with Crippen LogP contribution >= 0.6 is 0 Å². The van der Waals surface area contributed by atoms with Crippen molar-refractivity contribution >= 4 is 17.7 Å². The van der Waals surface area contributed by atoms with Gasteiger partial charge >= 0.3 is 0 Å².